The molecule has 0 aromatic heterocycles. The Labute approximate surface area is 298 Å². The maximum absolute atomic E-state index is 10.1. The largest absolute Gasteiger partial charge is 0.508 e. The quantitative estimate of drug-likeness (QED) is 0.107. The highest BCUT2D eigenvalue weighted by Gasteiger charge is 2.74. The minimum atomic E-state index is -0.704. The molecule has 3 aliphatic carbocycles. The Morgan fingerprint density at radius 3 is 1.84 bits per heavy atom. The number of aliphatic hydroxyl groups is 1. The Hall–Kier alpha value is -2.70. The van der Waals surface area contributed by atoms with Gasteiger partial charge in [0.05, 0.1) is 17.3 Å². The van der Waals surface area contributed by atoms with Crippen molar-refractivity contribution in [1.29, 1.82) is 0 Å². The van der Waals surface area contributed by atoms with Crippen LogP contribution in [0.3, 0.4) is 0 Å². The standard InChI is InChI=1S/C21H32O3.C11H16O2.C10H16O.CH4/c1-5-6-7-8-16-13-18(22)15-19(14-16)24-20(2,3)17-9-11-21(4,23)12-10-17;1-2-3-4-5-9-6-10(12)8-11(13)7-9;1-9(2)6-4-5-10(3)8(11-10)7(6)9;/h9,11,13-15,17,22-23H,5-8,10,12H2,1-4H3;6-8,12-13H,2-5H2,1H3;6-8H,4-5H2,1-3H3;1H4/t17-,21-;;6-,7-,8+,10-;/m0.1./s1. The molecule has 0 radical (unpaired) electrons. The maximum Gasteiger partial charge on any atom is 0.124 e. The summed E-state index contributed by atoms with van der Waals surface area (Å²) in [6.07, 6.45) is 17.8. The highest BCUT2D eigenvalue weighted by atomic mass is 16.6. The van der Waals surface area contributed by atoms with Crippen LogP contribution in [0.1, 0.15) is 138 Å². The smallest absolute Gasteiger partial charge is 0.124 e. The third-order valence-corrected chi connectivity index (χ3v) is 11.3. The molecule has 6 rings (SSSR count). The molecule has 0 spiro atoms. The van der Waals surface area contributed by atoms with Crippen molar-refractivity contribution in [2.75, 3.05) is 0 Å². The third kappa shape index (κ3) is 11.1. The van der Waals surface area contributed by atoms with Crippen LogP contribution < -0.4 is 4.74 Å². The molecule has 49 heavy (non-hydrogen) atoms. The lowest BCUT2D eigenvalue weighted by Crippen LogP contribution is -2.40. The molecule has 0 bridgehead atoms. The van der Waals surface area contributed by atoms with Crippen molar-refractivity contribution in [2.45, 2.75) is 163 Å². The Morgan fingerprint density at radius 1 is 0.776 bits per heavy atom. The number of epoxide rings is 1. The Bertz CT molecular complexity index is 1360. The van der Waals surface area contributed by atoms with E-state index in [2.05, 4.69) is 54.5 Å². The van der Waals surface area contributed by atoms with E-state index in [1.165, 1.54) is 44.6 Å². The minimum absolute atomic E-state index is 0. The zero-order valence-corrected chi connectivity index (χ0v) is 31.0. The van der Waals surface area contributed by atoms with Crippen LogP contribution in [0.4, 0.5) is 0 Å². The Kier molecular flexibility index (Phi) is 13.8. The number of rotatable bonds is 11. The van der Waals surface area contributed by atoms with Crippen molar-refractivity contribution in [3.05, 3.63) is 59.7 Å². The summed E-state index contributed by atoms with van der Waals surface area (Å²) in [6, 6.07) is 10.3. The van der Waals surface area contributed by atoms with E-state index in [4.69, 9.17) is 9.47 Å². The molecule has 1 saturated heterocycles. The molecule has 4 aliphatic rings. The zero-order valence-electron chi connectivity index (χ0n) is 31.0. The van der Waals surface area contributed by atoms with Crippen LogP contribution in [-0.2, 0) is 17.6 Å². The lowest BCUT2D eigenvalue weighted by Gasteiger charge is -2.37. The molecular weight excluding hydrogens is 612 g/mol. The van der Waals surface area contributed by atoms with Gasteiger partial charge < -0.3 is 29.9 Å². The maximum atomic E-state index is 10.1. The number of fused-ring (bicyclic) bond motifs is 3. The number of aryl methyl sites for hydroxylation is 2. The molecule has 3 fully saturated rings. The lowest BCUT2D eigenvalue weighted by atomic mass is 9.78. The zero-order chi connectivity index (χ0) is 35.3. The van der Waals surface area contributed by atoms with Gasteiger partial charge >= 0.3 is 0 Å². The molecule has 1 heterocycles. The number of hydrogen-bond acceptors (Lipinski definition) is 6. The molecule has 2 aromatic rings. The SMILES string of the molecule is C.CC1(C)[C@@H]2[C@H]1CC[C@@]1(C)O[C@@H]21.CCCCCc1cc(O)cc(O)c1.CCCCCc1cc(O)cc(OC(C)(C)[C@H]2C=C[C@](C)(O)CC2)c1. The average Bonchev–Trinajstić information content (AvgIpc) is 3.83. The second-order valence-electron chi connectivity index (χ2n) is 16.5. The van der Waals surface area contributed by atoms with E-state index in [1.54, 1.807) is 18.2 Å². The summed E-state index contributed by atoms with van der Waals surface area (Å²) in [5.74, 6) is 3.40. The van der Waals surface area contributed by atoms with Crippen LogP contribution in [0.25, 0.3) is 0 Å². The fourth-order valence-electron chi connectivity index (χ4n) is 8.01. The van der Waals surface area contributed by atoms with E-state index >= 15 is 0 Å². The number of hydrogen-bond donors (Lipinski definition) is 4. The van der Waals surface area contributed by atoms with Gasteiger partial charge in [-0.2, -0.15) is 0 Å². The summed E-state index contributed by atoms with van der Waals surface area (Å²) in [5, 5.41) is 38.4. The van der Waals surface area contributed by atoms with Gasteiger partial charge in [0.25, 0.3) is 0 Å². The van der Waals surface area contributed by atoms with Gasteiger partial charge in [0.2, 0.25) is 0 Å². The number of unbranched alkanes of at least 4 members (excludes halogenated alkanes) is 4. The van der Waals surface area contributed by atoms with Gasteiger partial charge in [0.1, 0.15) is 28.6 Å². The van der Waals surface area contributed by atoms with E-state index in [0.717, 1.165) is 67.2 Å². The molecule has 1 aliphatic heterocycles. The van der Waals surface area contributed by atoms with Crippen molar-refractivity contribution in [3.8, 4) is 23.0 Å². The van der Waals surface area contributed by atoms with Crippen LogP contribution in [-0.4, -0.2) is 43.3 Å². The van der Waals surface area contributed by atoms with Crippen molar-refractivity contribution < 1.29 is 29.9 Å². The average molecular weight is 681 g/mol. The molecular formula is C43H68O6. The van der Waals surface area contributed by atoms with Gasteiger partial charge in [-0.3, -0.25) is 0 Å². The van der Waals surface area contributed by atoms with Gasteiger partial charge in [-0.05, 0) is 132 Å². The molecule has 0 unspecified atom stereocenters. The predicted molar refractivity (Wildman–Crippen MR) is 202 cm³/mol. The summed E-state index contributed by atoms with van der Waals surface area (Å²) in [5.41, 5.74) is 1.96. The van der Waals surface area contributed by atoms with Gasteiger partial charge in [-0.1, -0.05) is 73.0 Å². The third-order valence-electron chi connectivity index (χ3n) is 11.3. The molecule has 276 valence electrons. The monoisotopic (exact) mass is 681 g/mol. The highest BCUT2D eigenvalue weighted by Crippen LogP contribution is 2.72. The number of aromatic hydroxyl groups is 3. The van der Waals surface area contributed by atoms with E-state index in [1.807, 2.05) is 25.1 Å². The van der Waals surface area contributed by atoms with Gasteiger partial charge in [0.15, 0.2) is 0 Å². The normalized spacial score (nSPS) is 28.7. The summed E-state index contributed by atoms with van der Waals surface area (Å²) in [7, 11) is 0. The predicted octanol–water partition coefficient (Wildman–Crippen LogP) is 10.7. The van der Waals surface area contributed by atoms with Crippen molar-refractivity contribution >= 4 is 0 Å². The summed E-state index contributed by atoms with van der Waals surface area (Å²) >= 11 is 0. The highest BCUT2D eigenvalue weighted by molar-refractivity contribution is 5.38. The molecule has 6 heteroatoms. The first-order valence-electron chi connectivity index (χ1n) is 18.6. The fourth-order valence-corrected chi connectivity index (χ4v) is 8.01. The van der Waals surface area contributed by atoms with Gasteiger partial charge in [0, 0.05) is 18.1 Å². The Morgan fingerprint density at radius 2 is 1.33 bits per heavy atom. The van der Waals surface area contributed by atoms with E-state index in [0.29, 0.717) is 17.1 Å². The van der Waals surface area contributed by atoms with Gasteiger partial charge in [-0.15, -0.1) is 0 Å². The summed E-state index contributed by atoms with van der Waals surface area (Å²) in [6.45, 7) is 17.4. The second kappa shape index (κ2) is 16.5. The molecule has 2 aromatic carbocycles. The van der Waals surface area contributed by atoms with Crippen LogP contribution in [0, 0.1) is 23.2 Å². The number of phenolic OH excluding ortho intramolecular Hbond substituents is 3. The number of phenols is 3. The Balaban J connectivity index is 0.000000217. The molecule has 0 amide bonds. The van der Waals surface area contributed by atoms with E-state index < -0.39 is 5.60 Å². The molecule has 6 nitrogen and oxygen atoms in total. The van der Waals surface area contributed by atoms with Crippen LogP contribution in [0.15, 0.2) is 48.6 Å². The first-order valence-corrected chi connectivity index (χ1v) is 18.6. The summed E-state index contributed by atoms with van der Waals surface area (Å²) in [4.78, 5) is 0. The molecule has 2 saturated carbocycles. The van der Waals surface area contributed by atoms with Crippen molar-refractivity contribution in [2.24, 2.45) is 23.2 Å². The topological polar surface area (TPSA) is 103 Å². The van der Waals surface area contributed by atoms with Crippen LogP contribution in [0.2, 0.25) is 0 Å². The second-order valence-corrected chi connectivity index (χ2v) is 16.5. The van der Waals surface area contributed by atoms with E-state index in [-0.39, 0.29) is 36.2 Å². The van der Waals surface area contributed by atoms with E-state index in [9.17, 15) is 20.4 Å². The lowest BCUT2D eigenvalue weighted by molar-refractivity contribution is 0.0300. The van der Waals surface area contributed by atoms with Crippen molar-refractivity contribution in [1.82, 2.24) is 0 Å². The molecule has 6 atom stereocenters. The van der Waals surface area contributed by atoms with Crippen LogP contribution in [0.5, 0.6) is 23.0 Å². The fraction of sp³-hybridized carbons (Fsp3) is 0.674. The molecule has 4 N–H and O–H groups in total. The minimum Gasteiger partial charge on any atom is -0.508 e. The first kappa shape index (κ1) is 40.7. The number of benzene rings is 2. The summed E-state index contributed by atoms with van der Waals surface area (Å²) < 4.78 is 12.0. The number of ether oxygens (including phenoxy) is 2. The first-order chi connectivity index (χ1) is 22.5. The van der Waals surface area contributed by atoms with Crippen molar-refractivity contribution in [3.63, 3.8) is 0 Å². The van der Waals surface area contributed by atoms with Crippen LogP contribution >= 0.6 is 0 Å². The van der Waals surface area contributed by atoms with Gasteiger partial charge in [-0.25, -0.2) is 0 Å².